The third kappa shape index (κ3) is 3.16. The normalized spacial score (nSPS) is 12.6. The van der Waals surface area contributed by atoms with Crippen LogP contribution in [0.15, 0.2) is 17.5 Å². The van der Waals surface area contributed by atoms with Crippen molar-refractivity contribution in [1.82, 2.24) is 20.1 Å². The molecule has 1 unspecified atom stereocenters. The second kappa shape index (κ2) is 6.32. The van der Waals surface area contributed by atoms with Crippen LogP contribution in [0.1, 0.15) is 26.8 Å². The summed E-state index contributed by atoms with van der Waals surface area (Å²) in [5.74, 6) is 1.08. The third-order valence-electron chi connectivity index (χ3n) is 2.90. The first kappa shape index (κ1) is 14.9. The van der Waals surface area contributed by atoms with E-state index in [-0.39, 0.29) is 5.91 Å². The van der Waals surface area contributed by atoms with Crippen LogP contribution in [-0.2, 0) is 4.79 Å². The Morgan fingerprint density at radius 1 is 1.55 bits per heavy atom. The average Bonchev–Trinajstić information content (AvgIpc) is 3.03. The Bertz CT molecular complexity index is 627. The molecule has 0 aliphatic heterocycles. The lowest BCUT2D eigenvalue weighted by molar-refractivity contribution is -0.124. The maximum absolute atomic E-state index is 12.2. The molecule has 0 bridgehead atoms. The molecule has 0 radical (unpaired) electrons. The van der Waals surface area contributed by atoms with Crippen molar-refractivity contribution >= 4 is 29.5 Å². The van der Waals surface area contributed by atoms with Gasteiger partial charge in [0.25, 0.3) is 0 Å². The van der Waals surface area contributed by atoms with Crippen molar-refractivity contribution in [2.45, 2.75) is 26.8 Å². The minimum absolute atomic E-state index is 0.0472. The molecule has 2 aromatic heterocycles. The lowest BCUT2D eigenvalue weighted by atomic mass is 10.2. The third-order valence-corrected chi connectivity index (χ3v) is 4.05. The summed E-state index contributed by atoms with van der Waals surface area (Å²) in [6.45, 7) is 6.61. The minimum atomic E-state index is -0.392. The maximum atomic E-state index is 12.2. The van der Waals surface area contributed by atoms with Crippen LogP contribution in [-0.4, -0.2) is 27.2 Å². The SMILES string of the molecule is CC(C)CNC(=O)C(C)n1c(-c2cccs2)n[nH]c1=S. The number of carbonyl (C=O) groups is 1. The molecule has 7 heteroatoms. The van der Waals surface area contributed by atoms with E-state index in [1.165, 1.54) is 0 Å². The molecule has 1 amide bonds. The Balaban J connectivity index is 2.26. The zero-order valence-electron chi connectivity index (χ0n) is 11.7. The molecule has 1 atom stereocenters. The van der Waals surface area contributed by atoms with E-state index >= 15 is 0 Å². The summed E-state index contributed by atoms with van der Waals surface area (Å²) in [5, 5.41) is 11.9. The van der Waals surface area contributed by atoms with Gasteiger partial charge in [0.05, 0.1) is 4.88 Å². The van der Waals surface area contributed by atoms with Crippen LogP contribution >= 0.6 is 23.6 Å². The van der Waals surface area contributed by atoms with Crippen LogP contribution in [0.25, 0.3) is 10.7 Å². The van der Waals surface area contributed by atoms with E-state index in [2.05, 4.69) is 29.4 Å². The van der Waals surface area contributed by atoms with Crippen LogP contribution in [0.4, 0.5) is 0 Å². The lowest BCUT2D eigenvalue weighted by Gasteiger charge is -2.16. The van der Waals surface area contributed by atoms with Gasteiger partial charge in [0.1, 0.15) is 6.04 Å². The van der Waals surface area contributed by atoms with Gasteiger partial charge in [0, 0.05) is 6.54 Å². The largest absolute Gasteiger partial charge is 0.354 e. The average molecular weight is 310 g/mol. The van der Waals surface area contributed by atoms with Gasteiger partial charge in [-0.15, -0.1) is 11.3 Å². The number of aromatic amines is 1. The molecule has 0 spiro atoms. The molecule has 0 saturated heterocycles. The number of nitrogens with zero attached hydrogens (tertiary/aromatic N) is 2. The van der Waals surface area contributed by atoms with Gasteiger partial charge in [0.15, 0.2) is 10.6 Å². The fourth-order valence-electron chi connectivity index (χ4n) is 1.81. The van der Waals surface area contributed by atoms with Gasteiger partial charge < -0.3 is 5.32 Å². The van der Waals surface area contributed by atoms with Crippen molar-refractivity contribution < 1.29 is 4.79 Å². The first-order chi connectivity index (χ1) is 9.50. The summed E-state index contributed by atoms with van der Waals surface area (Å²) in [7, 11) is 0. The zero-order valence-corrected chi connectivity index (χ0v) is 13.3. The molecule has 0 aromatic carbocycles. The van der Waals surface area contributed by atoms with Crippen molar-refractivity contribution in [3.8, 4) is 10.7 Å². The zero-order chi connectivity index (χ0) is 14.7. The molecular formula is C13H18N4OS2. The quantitative estimate of drug-likeness (QED) is 0.835. The van der Waals surface area contributed by atoms with Gasteiger partial charge in [-0.3, -0.25) is 14.5 Å². The molecule has 0 aliphatic rings. The van der Waals surface area contributed by atoms with Crippen molar-refractivity contribution in [3.63, 3.8) is 0 Å². The first-order valence-electron chi connectivity index (χ1n) is 6.49. The van der Waals surface area contributed by atoms with Gasteiger partial charge in [-0.2, -0.15) is 5.10 Å². The molecule has 2 N–H and O–H groups in total. The topological polar surface area (TPSA) is 62.7 Å². The van der Waals surface area contributed by atoms with Gasteiger partial charge in [-0.1, -0.05) is 19.9 Å². The summed E-state index contributed by atoms with van der Waals surface area (Å²) >= 11 is 6.82. The van der Waals surface area contributed by atoms with E-state index in [4.69, 9.17) is 12.2 Å². The number of hydrogen-bond acceptors (Lipinski definition) is 4. The standard InChI is InChI=1S/C13H18N4OS2/c1-8(2)7-14-12(18)9(3)17-11(15-16-13(17)19)10-5-4-6-20-10/h4-6,8-9H,7H2,1-3H3,(H,14,18)(H,16,19). The van der Waals surface area contributed by atoms with Crippen LogP contribution in [0, 0.1) is 10.7 Å². The van der Waals surface area contributed by atoms with Crippen LogP contribution in [0.5, 0.6) is 0 Å². The van der Waals surface area contributed by atoms with E-state index in [1.54, 1.807) is 15.9 Å². The minimum Gasteiger partial charge on any atom is -0.354 e. The van der Waals surface area contributed by atoms with Crippen LogP contribution < -0.4 is 5.32 Å². The van der Waals surface area contributed by atoms with Gasteiger partial charge in [0.2, 0.25) is 5.91 Å². The van der Waals surface area contributed by atoms with Crippen molar-refractivity contribution in [1.29, 1.82) is 0 Å². The predicted molar refractivity (Wildman–Crippen MR) is 83.3 cm³/mol. The smallest absolute Gasteiger partial charge is 0.242 e. The first-order valence-corrected chi connectivity index (χ1v) is 7.78. The Hall–Kier alpha value is -1.47. The molecule has 2 heterocycles. The highest BCUT2D eigenvalue weighted by atomic mass is 32.1. The summed E-state index contributed by atoms with van der Waals surface area (Å²) < 4.78 is 2.22. The monoisotopic (exact) mass is 310 g/mol. The van der Waals surface area contributed by atoms with E-state index in [0.29, 0.717) is 23.1 Å². The van der Waals surface area contributed by atoms with E-state index in [1.807, 2.05) is 24.4 Å². The molecular weight excluding hydrogens is 292 g/mol. The molecule has 0 saturated carbocycles. The van der Waals surface area contributed by atoms with Crippen molar-refractivity contribution in [3.05, 3.63) is 22.3 Å². The van der Waals surface area contributed by atoms with E-state index < -0.39 is 6.04 Å². The van der Waals surface area contributed by atoms with Crippen LogP contribution in [0.2, 0.25) is 0 Å². The second-order valence-electron chi connectivity index (χ2n) is 5.01. The van der Waals surface area contributed by atoms with Crippen molar-refractivity contribution in [2.24, 2.45) is 5.92 Å². The molecule has 2 aromatic rings. The Morgan fingerprint density at radius 3 is 2.90 bits per heavy atom. The number of thiophene rings is 1. The Morgan fingerprint density at radius 2 is 2.30 bits per heavy atom. The highest BCUT2D eigenvalue weighted by molar-refractivity contribution is 7.71. The number of aromatic nitrogens is 3. The summed E-state index contributed by atoms with van der Waals surface area (Å²) in [4.78, 5) is 13.2. The lowest BCUT2D eigenvalue weighted by Crippen LogP contribution is -2.33. The fourth-order valence-corrected chi connectivity index (χ4v) is 2.81. The Kier molecular flexibility index (Phi) is 4.72. The van der Waals surface area contributed by atoms with E-state index in [9.17, 15) is 4.79 Å². The highest BCUT2D eigenvalue weighted by Gasteiger charge is 2.21. The Labute approximate surface area is 127 Å². The number of carbonyl (C=O) groups excluding carboxylic acids is 1. The summed E-state index contributed by atoms with van der Waals surface area (Å²) in [5.41, 5.74) is 0. The number of rotatable bonds is 5. The summed E-state index contributed by atoms with van der Waals surface area (Å²) in [6.07, 6.45) is 0. The van der Waals surface area contributed by atoms with Gasteiger partial charge >= 0.3 is 0 Å². The van der Waals surface area contributed by atoms with Gasteiger partial charge in [-0.25, -0.2) is 0 Å². The molecule has 0 aliphatic carbocycles. The molecule has 2 rings (SSSR count). The molecule has 108 valence electrons. The summed E-state index contributed by atoms with van der Waals surface area (Å²) in [6, 6.07) is 3.52. The number of amides is 1. The maximum Gasteiger partial charge on any atom is 0.242 e. The molecule has 0 fully saturated rings. The molecule has 5 nitrogen and oxygen atoms in total. The van der Waals surface area contributed by atoms with Gasteiger partial charge in [-0.05, 0) is 36.5 Å². The molecule has 20 heavy (non-hydrogen) atoms. The number of H-pyrrole nitrogens is 1. The van der Waals surface area contributed by atoms with Crippen LogP contribution in [0.3, 0.4) is 0 Å². The van der Waals surface area contributed by atoms with Crippen molar-refractivity contribution in [2.75, 3.05) is 6.54 Å². The van der Waals surface area contributed by atoms with E-state index in [0.717, 1.165) is 4.88 Å². The highest BCUT2D eigenvalue weighted by Crippen LogP contribution is 2.25. The number of hydrogen-bond donors (Lipinski definition) is 2. The number of nitrogens with one attached hydrogen (secondary N) is 2. The fraction of sp³-hybridized carbons (Fsp3) is 0.462. The predicted octanol–water partition coefficient (Wildman–Crippen LogP) is 3.00. The second-order valence-corrected chi connectivity index (χ2v) is 6.35.